The second-order valence-corrected chi connectivity index (χ2v) is 7.36. The molecule has 1 aliphatic heterocycles. The Hall–Kier alpha value is -2.21. The van der Waals surface area contributed by atoms with Gasteiger partial charge in [0.25, 0.3) is 0 Å². The largest absolute Gasteiger partial charge is 0.368 e. The first-order valence-corrected chi connectivity index (χ1v) is 8.92. The molecule has 0 N–H and O–H groups in total. The highest BCUT2D eigenvalue weighted by atomic mass is 32.1. The summed E-state index contributed by atoms with van der Waals surface area (Å²) in [7, 11) is 0. The Balaban J connectivity index is 1.57. The molecule has 0 bridgehead atoms. The first kappa shape index (κ1) is 15.3. The molecular weight excluding hydrogens is 323 g/mol. The monoisotopic (exact) mass is 342 g/mol. The predicted octanol–water partition coefficient (Wildman–Crippen LogP) is 3.77. The van der Waals surface area contributed by atoms with Gasteiger partial charge in [-0.15, -0.1) is 11.3 Å². The minimum Gasteiger partial charge on any atom is -0.368 e. The van der Waals surface area contributed by atoms with Gasteiger partial charge in [-0.05, 0) is 44.2 Å². The summed E-state index contributed by atoms with van der Waals surface area (Å²) in [6.07, 6.45) is 0. The van der Waals surface area contributed by atoms with Crippen molar-refractivity contribution in [1.29, 1.82) is 0 Å². The summed E-state index contributed by atoms with van der Waals surface area (Å²) in [5.41, 5.74) is 1.08. The third-order valence-corrected chi connectivity index (χ3v) is 5.32. The Bertz CT molecular complexity index is 867. The molecule has 1 aromatic carbocycles. The smallest absolute Gasteiger partial charge is 0.141 e. The summed E-state index contributed by atoms with van der Waals surface area (Å²) in [4.78, 5) is 16.2. The van der Waals surface area contributed by atoms with Crippen LogP contribution in [0.1, 0.15) is 10.7 Å². The molecule has 0 atom stereocenters. The maximum absolute atomic E-state index is 13.1. The number of fused-ring (bicyclic) bond motifs is 1. The van der Waals surface area contributed by atoms with Gasteiger partial charge < -0.3 is 9.80 Å². The zero-order valence-electron chi connectivity index (χ0n) is 13.8. The van der Waals surface area contributed by atoms with Gasteiger partial charge in [-0.25, -0.2) is 14.4 Å². The lowest BCUT2D eigenvalue weighted by atomic mass is 10.2. The fraction of sp³-hybridized carbons (Fsp3) is 0.333. The highest BCUT2D eigenvalue weighted by molar-refractivity contribution is 7.18. The van der Waals surface area contributed by atoms with Crippen LogP contribution in [0.3, 0.4) is 0 Å². The van der Waals surface area contributed by atoms with Crippen molar-refractivity contribution in [1.82, 2.24) is 9.97 Å². The van der Waals surface area contributed by atoms with E-state index in [0.29, 0.717) is 0 Å². The second-order valence-electron chi connectivity index (χ2n) is 6.12. The number of anilines is 2. The summed E-state index contributed by atoms with van der Waals surface area (Å²) in [5.74, 6) is 1.67. The van der Waals surface area contributed by atoms with Gasteiger partial charge in [-0.3, -0.25) is 0 Å². The van der Waals surface area contributed by atoms with Gasteiger partial charge in [0.05, 0.1) is 5.39 Å². The third kappa shape index (κ3) is 2.82. The van der Waals surface area contributed by atoms with E-state index >= 15 is 0 Å². The fourth-order valence-corrected chi connectivity index (χ4v) is 4.12. The van der Waals surface area contributed by atoms with Crippen LogP contribution in [0, 0.1) is 19.7 Å². The van der Waals surface area contributed by atoms with Crippen LogP contribution in [0.25, 0.3) is 10.2 Å². The molecular formula is C18H19FN4S. The minimum absolute atomic E-state index is 0.191. The molecule has 1 fully saturated rings. The van der Waals surface area contributed by atoms with E-state index in [1.807, 2.05) is 19.1 Å². The molecule has 3 heterocycles. The molecule has 0 unspecified atom stereocenters. The number of aromatic nitrogens is 2. The lowest BCUT2D eigenvalue weighted by Gasteiger charge is -2.37. The number of thiophene rings is 1. The van der Waals surface area contributed by atoms with Gasteiger partial charge in [0.2, 0.25) is 0 Å². The van der Waals surface area contributed by atoms with Gasteiger partial charge in [0.1, 0.15) is 22.3 Å². The van der Waals surface area contributed by atoms with Crippen molar-refractivity contribution < 1.29 is 4.39 Å². The van der Waals surface area contributed by atoms with E-state index in [1.165, 1.54) is 17.0 Å². The van der Waals surface area contributed by atoms with Crippen molar-refractivity contribution in [3.8, 4) is 0 Å². The van der Waals surface area contributed by atoms with Crippen molar-refractivity contribution in [3.05, 3.63) is 46.9 Å². The van der Waals surface area contributed by atoms with Crippen LogP contribution >= 0.6 is 11.3 Å². The SMILES string of the molecule is Cc1nc(N2CCN(c3ccc(F)cc3)CC2)c2cc(C)sc2n1. The van der Waals surface area contributed by atoms with Crippen molar-refractivity contribution >= 4 is 33.1 Å². The minimum atomic E-state index is -0.191. The molecule has 3 aromatic rings. The van der Waals surface area contributed by atoms with Crippen LogP contribution < -0.4 is 9.80 Å². The lowest BCUT2D eigenvalue weighted by molar-refractivity contribution is 0.624. The van der Waals surface area contributed by atoms with E-state index in [-0.39, 0.29) is 5.82 Å². The zero-order valence-corrected chi connectivity index (χ0v) is 14.6. The van der Waals surface area contributed by atoms with Crippen LogP contribution in [0.4, 0.5) is 15.9 Å². The first-order valence-electron chi connectivity index (χ1n) is 8.10. The number of hydrogen-bond acceptors (Lipinski definition) is 5. The van der Waals surface area contributed by atoms with Gasteiger partial charge in [-0.2, -0.15) is 0 Å². The van der Waals surface area contributed by atoms with Crippen molar-refractivity contribution in [2.75, 3.05) is 36.0 Å². The molecule has 0 amide bonds. The Morgan fingerprint density at radius 1 is 0.958 bits per heavy atom. The molecule has 1 saturated heterocycles. The number of hydrogen-bond donors (Lipinski definition) is 0. The summed E-state index contributed by atoms with van der Waals surface area (Å²) >= 11 is 1.72. The van der Waals surface area contributed by atoms with Crippen molar-refractivity contribution in [2.45, 2.75) is 13.8 Å². The Kier molecular flexibility index (Phi) is 3.84. The second kappa shape index (κ2) is 6.02. The molecule has 0 saturated carbocycles. The molecule has 4 rings (SSSR count). The molecule has 124 valence electrons. The fourth-order valence-electron chi connectivity index (χ4n) is 3.20. The quantitative estimate of drug-likeness (QED) is 0.709. The van der Waals surface area contributed by atoms with E-state index in [9.17, 15) is 4.39 Å². The van der Waals surface area contributed by atoms with Crippen LogP contribution in [-0.2, 0) is 0 Å². The van der Waals surface area contributed by atoms with Gasteiger partial charge in [0, 0.05) is 36.7 Å². The summed E-state index contributed by atoms with van der Waals surface area (Å²) < 4.78 is 13.1. The Morgan fingerprint density at radius 2 is 1.62 bits per heavy atom. The molecule has 0 radical (unpaired) electrons. The number of nitrogens with zero attached hydrogens (tertiary/aromatic N) is 4. The van der Waals surface area contributed by atoms with Crippen molar-refractivity contribution in [2.24, 2.45) is 0 Å². The molecule has 6 heteroatoms. The molecule has 0 spiro atoms. The average molecular weight is 342 g/mol. The molecule has 0 aliphatic carbocycles. The number of piperazine rings is 1. The highest BCUT2D eigenvalue weighted by Gasteiger charge is 2.21. The van der Waals surface area contributed by atoms with Crippen molar-refractivity contribution in [3.63, 3.8) is 0 Å². The lowest BCUT2D eigenvalue weighted by Crippen LogP contribution is -2.47. The number of aryl methyl sites for hydroxylation is 2. The Morgan fingerprint density at radius 3 is 2.33 bits per heavy atom. The Labute approximate surface area is 144 Å². The highest BCUT2D eigenvalue weighted by Crippen LogP contribution is 2.31. The topological polar surface area (TPSA) is 32.3 Å². The zero-order chi connectivity index (χ0) is 16.7. The third-order valence-electron chi connectivity index (χ3n) is 4.38. The molecule has 24 heavy (non-hydrogen) atoms. The van der Waals surface area contributed by atoms with E-state index in [4.69, 9.17) is 4.98 Å². The molecule has 4 nitrogen and oxygen atoms in total. The predicted molar refractivity (Wildman–Crippen MR) is 97.7 cm³/mol. The molecule has 1 aliphatic rings. The number of rotatable bonds is 2. The number of benzene rings is 1. The van der Waals surface area contributed by atoms with E-state index in [2.05, 4.69) is 27.8 Å². The first-order chi connectivity index (χ1) is 11.6. The van der Waals surface area contributed by atoms with Crippen LogP contribution in [0.15, 0.2) is 30.3 Å². The summed E-state index contributed by atoms with van der Waals surface area (Å²) in [5, 5.41) is 1.15. The van der Waals surface area contributed by atoms with Gasteiger partial charge >= 0.3 is 0 Å². The maximum Gasteiger partial charge on any atom is 0.141 e. The van der Waals surface area contributed by atoms with Crippen LogP contribution in [-0.4, -0.2) is 36.1 Å². The normalized spacial score (nSPS) is 15.3. The van der Waals surface area contributed by atoms with E-state index in [0.717, 1.165) is 53.7 Å². The van der Waals surface area contributed by atoms with E-state index < -0.39 is 0 Å². The van der Waals surface area contributed by atoms with Crippen LogP contribution in [0.2, 0.25) is 0 Å². The standard InChI is InChI=1S/C18H19FN4S/c1-12-11-16-17(20-13(2)21-18(16)24-12)23-9-7-22(8-10-23)15-5-3-14(19)4-6-15/h3-6,11H,7-10H2,1-2H3. The van der Waals surface area contributed by atoms with Gasteiger partial charge in [-0.1, -0.05) is 0 Å². The van der Waals surface area contributed by atoms with Crippen LogP contribution in [0.5, 0.6) is 0 Å². The number of halogens is 1. The summed E-state index contributed by atoms with van der Waals surface area (Å²) in [6.45, 7) is 7.67. The van der Waals surface area contributed by atoms with Gasteiger partial charge in [0.15, 0.2) is 0 Å². The van der Waals surface area contributed by atoms with E-state index in [1.54, 1.807) is 11.3 Å². The molecule has 2 aromatic heterocycles. The maximum atomic E-state index is 13.1. The average Bonchev–Trinajstić information content (AvgIpc) is 2.95. The summed E-state index contributed by atoms with van der Waals surface area (Å²) in [6, 6.07) is 8.92.